The number of fused-ring (bicyclic) bond motifs is 2. The van der Waals surface area contributed by atoms with Crippen molar-refractivity contribution < 1.29 is 18.7 Å². The van der Waals surface area contributed by atoms with Gasteiger partial charge < -0.3 is 19.8 Å². The highest BCUT2D eigenvalue weighted by Crippen LogP contribution is 2.45. The summed E-state index contributed by atoms with van der Waals surface area (Å²) in [6, 6.07) is 5.43. The van der Waals surface area contributed by atoms with Crippen LogP contribution in [0.2, 0.25) is 0 Å². The molecule has 3 aliphatic rings. The van der Waals surface area contributed by atoms with Crippen molar-refractivity contribution in [1.82, 2.24) is 14.8 Å². The number of halogens is 2. The molecule has 38 heavy (non-hydrogen) atoms. The fourth-order valence-corrected chi connectivity index (χ4v) is 6.06. The van der Waals surface area contributed by atoms with Crippen molar-refractivity contribution in [1.29, 1.82) is 0 Å². The molecule has 2 aromatic heterocycles. The molecule has 200 valence electrons. The number of hydrogen-bond acceptors (Lipinski definition) is 6. The van der Waals surface area contributed by atoms with Gasteiger partial charge in [0, 0.05) is 74.3 Å². The average Bonchev–Trinajstić information content (AvgIpc) is 3.54. The lowest BCUT2D eigenvalue weighted by molar-refractivity contribution is -0.121. The molecule has 5 heterocycles. The second kappa shape index (κ2) is 9.34. The minimum absolute atomic E-state index is 0.0306. The van der Waals surface area contributed by atoms with Crippen LogP contribution >= 0.6 is 0 Å². The summed E-state index contributed by atoms with van der Waals surface area (Å²) >= 11 is 0. The van der Waals surface area contributed by atoms with Crippen LogP contribution in [0, 0.1) is 5.92 Å². The average molecular weight is 523 g/mol. The van der Waals surface area contributed by atoms with Crippen LogP contribution in [-0.4, -0.2) is 58.6 Å². The quantitative estimate of drug-likeness (QED) is 0.553. The monoisotopic (exact) mass is 522 g/mol. The number of hydrogen-bond donors (Lipinski definition) is 1. The summed E-state index contributed by atoms with van der Waals surface area (Å²) in [6.07, 6.45) is 3.11. The van der Waals surface area contributed by atoms with Gasteiger partial charge >= 0.3 is 0 Å². The van der Waals surface area contributed by atoms with Gasteiger partial charge in [0.2, 0.25) is 5.91 Å². The first-order valence-electron chi connectivity index (χ1n) is 13.2. The van der Waals surface area contributed by atoms with Crippen molar-refractivity contribution in [3.05, 3.63) is 47.3 Å². The number of amides is 1. The number of aryl methyl sites for hydroxylation is 2. The van der Waals surface area contributed by atoms with Crippen molar-refractivity contribution in [2.24, 2.45) is 13.0 Å². The lowest BCUT2D eigenvalue weighted by Crippen LogP contribution is -2.39. The minimum Gasteiger partial charge on any atom is -0.391 e. The second-order valence-corrected chi connectivity index (χ2v) is 10.7. The summed E-state index contributed by atoms with van der Waals surface area (Å²) < 4.78 is 30.4. The number of benzene rings is 1. The first kappa shape index (κ1) is 24.8. The van der Waals surface area contributed by atoms with Crippen LogP contribution in [0.15, 0.2) is 30.6 Å². The first-order valence-corrected chi connectivity index (χ1v) is 13.2. The highest BCUT2D eigenvalue weighted by Gasteiger charge is 2.35. The zero-order chi connectivity index (χ0) is 26.7. The summed E-state index contributed by atoms with van der Waals surface area (Å²) in [5.74, 6) is 1.24. The normalized spacial score (nSPS) is 21.3. The topological polar surface area (TPSA) is 77.7 Å². The van der Waals surface area contributed by atoms with E-state index in [1.54, 1.807) is 42.1 Å². The molecular formula is C28H32F2N6O2. The Balaban J connectivity index is 1.52. The van der Waals surface area contributed by atoms with Gasteiger partial charge in [-0.15, -0.1) is 0 Å². The molecule has 3 aliphatic heterocycles. The molecule has 0 radical (unpaired) electrons. The van der Waals surface area contributed by atoms with Crippen molar-refractivity contribution in [2.75, 3.05) is 41.4 Å². The van der Waals surface area contributed by atoms with Crippen LogP contribution in [0.25, 0.3) is 11.1 Å². The molecule has 3 aromatic rings. The second-order valence-electron chi connectivity index (χ2n) is 10.7. The maximum atomic E-state index is 14.4. The Hall–Kier alpha value is -3.53. The van der Waals surface area contributed by atoms with E-state index in [-0.39, 0.29) is 17.4 Å². The van der Waals surface area contributed by atoms with E-state index in [2.05, 4.69) is 10.00 Å². The number of aliphatic hydroxyl groups excluding tert-OH is 1. The molecule has 1 fully saturated rings. The van der Waals surface area contributed by atoms with E-state index >= 15 is 0 Å². The lowest BCUT2D eigenvalue weighted by Gasteiger charge is -2.38. The molecule has 1 amide bonds. The molecule has 1 unspecified atom stereocenters. The number of carbonyl (C=O) groups is 1. The molecule has 10 heteroatoms. The van der Waals surface area contributed by atoms with E-state index in [4.69, 9.17) is 4.98 Å². The molecule has 0 spiro atoms. The standard InChI is InChI=1S/C28H32F2N6O2/c1-16-9-22-24(34(3)28(16)38)12-25(35-8-6-19(37)15-35)32-27(22)36-7-4-5-17-10-20(18-13-31-33(2)14-18)21(26(29)30)11-23(17)36/h10-14,16,19,26,37H,4-9,15H2,1-3H3/t16?,19-/m1/s1. The Bertz CT molecular complexity index is 1410. The van der Waals surface area contributed by atoms with Crippen LogP contribution < -0.4 is 14.7 Å². The van der Waals surface area contributed by atoms with Gasteiger partial charge in [-0.1, -0.05) is 6.92 Å². The van der Waals surface area contributed by atoms with Gasteiger partial charge in [-0.2, -0.15) is 5.10 Å². The number of aliphatic hydroxyl groups is 1. The van der Waals surface area contributed by atoms with E-state index in [0.717, 1.165) is 35.3 Å². The fourth-order valence-electron chi connectivity index (χ4n) is 6.06. The Kier molecular flexibility index (Phi) is 6.09. The highest BCUT2D eigenvalue weighted by molar-refractivity contribution is 5.99. The van der Waals surface area contributed by atoms with Crippen molar-refractivity contribution in [2.45, 2.75) is 45.1 Å². The van der Waals surface area contributed by atoms with Crippen molar-refractivity contribution in [3.63, 3.8) is 0 Å². The molecule has 0 saturated carbocycles. The van der Waals surface area contributed by atoms with Gasteiger partial charge in [0.05, 0.1) is 18.0 Å². The van der Waals surface area contributed by atoms with Crippen molar-refractivity contribution >= 4 is 28.9 Å². The molecule has 6 rings (SSSR count). The number of aromatic nitrogens is 3. The Labute approximate surface area is 220 Å². The van der Waals surface area contributed by atoms with E-state index in [1.165, 1.54) is 0 Å². The maximum Gasteiger partial charge on any atom is 0.264 e. The summed E-state index contributed by atoms with van der Waals surface area (Å²) in [4.78, 5) is 23.8. The predicted molar refractivity (Wildman–Crippen MR) is 142 cm³/mol. The molecule has 8 nitrogen and oxygen atoms in total. The van der Waals surface area contributed by atoms with E-state index < -0.39 is 12.5 Å². The Morgan fingerprint density at radius 2 is 1.95 bits per heavy atom. The number of carbonyl (C=O) groups excluding carboxylic acids is 1. The molecule has 0 bridgehead atoms. The third-order valence-corrected chi connectivity index (χ3v) is 8.05. The SMILES string of the molecule is CC1Cc2c(cc(N3CC[C@@H](O)C3)nc2N2CCCc3cc(-c4cnn(C)c4)c(C(F)F)cc32)N(C)C1=O. The Morgan fingerprint density at radius 1 is 1.13 bits per heavy atom. The van der Waals surface area contributed by atoms with Gasteiger partial charge in [-0.25, -0.2) is 13.8 Å². The largest absolute Gasteiger partial charge is 0.391 e. The van der Waals surface area contributed by atoms with Gasteiger partial charge in [0.15, 0.2) is 0 Å². The van der Waals surface area contributed by atoms with Crippen LogP contribution in [0.5, 0.6) is 0 Å². The number of β-amino-alcohol motifs (C(OH)–C–C–N with tert-alkyl or cyclic N) is 1. The van der Waals surface area contributed by atoms with E-state index in [0.29, 0.717) is 55.2 Å². The smallest absolute Gasteiger partial charge is 0.264 e. The fraction of sp³-hybridized carbons (Fsp3) is 0.464. The van der Waals surface area contributed by atoms with Crippen LogP contribution in [0.4, 0.5) is 31.8 Å². The third-order valence-electron chi connectivity index (χ3n) is 8.05. The zero-order valence-corrected chi connectivity index (χ0v) is 21.9. The molecule has 2 atom stereocenters. The number of anilines is 4. The van der Waals surface area contributed by atoms with E-state index in [9.17, 15) is 18.7 Å². The van der Waals surface area contributed by atoms with Gasteiger partial charge in [0.1, 0.15) is 11.6 Å². The predicted octanol–water partition coefficient (Wildman–Crippen LogP) is 4.23. The number of pyridine rings is 1. The third kappa shape index (κ3) is 4.11. The highest BCUT2D eigenvalue weighted by atomic mass is 19.3. The summed E-state index contributed by atoms with van der Waals surface area (Å²) in [6.45, 7) is 3.69. The number of alkyl halides is 2. The van der Waals surface area contributed by atoms with Gasteiger partial charge in [-0.3, -0.25) is 9.48 Å². The van der Waals surface area contributed by atoms with Crippen LogP contribution in [0.1, 0.15) is 42.9 Å². The zero-order valence-electron chi connectivity index (χ0n) is 21.9. The van der Waals surface area contributed by atoms with Crippen molar-refractivity contribution in [3.8, 4) is 11.1 Å². The first-order chi connectivity index (χ1) is 18.2. The molecule has 0 aliphatic carbocycles. The molecular weight excluding hydrogens is 490 g/mol. The molecule has 1 saturated heterocycles. The number of rotatable bonds is 4. The lowest BCUT2D eigenvalue weighted by atomic mass is 9.91. The molecule has 1 N–H and O–H groups in total. The minimum atomic E-state index is -2.65. The van der Waals surface area contributed by atoms with Gasteiger partial charge in [0.25, 0.3) is 6.43 Å². The summed E-state index contributed by atoms with van der Waals surface area (Å²) in [7, 11) is 3.55. The maximum absolute atomic E-state index is 14.4. The van der Waals surface area contributed by atoms with Gasteiger partial charge in [-0.05, 0) is 48.9 Å². The summed E-state index contributed by atoms with van der Waals surface area (Å²) in [5, 5.41) is 14.3. The van der Waals surface area contributed by atoms with Crippen LogP contribution in [0.3, 0.4) is 0 Å². The molecule has 1 aromatic carbocycles. The Morgan fingerprint density at radius 3 is 2.63 bits per heavy atom. The summed E-state index contributed by atoms with van der Waals surface area (Å²) in [5.41, 5.74) is 4.61. The van der Waals surface area contributed by atoms with Crippen LogP contribution in [-0.2, 0) is 24.7 Å². The number of nitrogens with zero attached hydrogens (tertiary/aromatic N) is 6. The van der Waals surface area contributed by atoms with E-state index in [1.807, 2.05) is 24.0 Å².